The summed E-state index contributed by atoms with van der Waals surface area (Å²) in [5.41, 5.74) is 8.51. The highest BCUT2D eigenvalue weighted by molar-refractivity contribution is 5.46. The molecule has 0 bridgehead atoms. The molecule has 2 fully saturated rings. The van der Waals surface area contributed by atoms with Gasteiger partial charge in [0.1, 0.15) is 0 Å². The van der Waals surface area contributed by atoms with Crippen molar-refractivity contribution in [2.75, 3.05) is 0 Å². The minimum Gasteiger partial charge on any atom is -0.393 e. The Kier molecular flexibility index (Phi) is 3.04. The van der Waals surface area contributed by atoms with E-state index in [0.717, 1.165) is 19.3 Å². The Balaban J connectivity index is 1.81. The van der Waals surface area contributed by atoms with Gasteiger partial charge in [0, 0.05) is 22.8 Å². The molecule has 0 radical (unpaired) electrons. The van der Waals surface area contributed by atoms with E-state index in [4.69, 9.17) is 5.73 Å². The first-order valence-electron chi connectivity index (χ1n) is 8.59. The predicted octanol–water partition coefficient (Wildman–Crippen LogP) is 2.30. The number of nitrogens with two attached hydrogens (primary N) is 1. The Bertz CT molecular complexity index is 592. The van der Waals surface area contributed by atoms with Gasteiger partial charge in [0.2, 0.25) is 0 Å². The molecule has 4 N–H and O–H groups in total. The molecular weight excluding hydrogens is 274 g/mol. The topological polar surface area (TPSA) is 66.5 Å². The van der Waals surface area contributed by atoms with Crippen LogP contribution in [0.2, 0.25) is 0 Å². The molecule has 0 amide bonds. The quantitative estimate of drug-likeness (QED) is 0.602. The van der Waals surface area contributed by atoms with Gasteiger partial charge >= 0.3 is 0 Å². The lowest BCUT2D eigenvalue weighted by molar-refractivity contribution is -0.0219. The van der Waals surface area contributed by atoms with Crippen LogP contribution >= 0.6 is 0 Å². The number of fused-ring (bicyclic) bond motifs is 5. The van der Waals surface area contributed by atoms with Crippen molar-refractivity contribution in [1.29, 1.82) is 0 Å². The van der Waals surface area contributed by atoms with Crippen LogP contribution in [-0.2, 0) is 0 Å². The fourth-order valence-corrected chi connectivity index (χ4v) is 5.62. The standard InChI is InChI=1S/C19H27NO2/c1-18-7-5-12(20)9-11(18)10-15(21)17-13-3-4-16(22)19(13,2)8-6-14(17)18/h5-7,9,12-13,15-17,21-22H,3-4,8,10,20H2,1-2H3/t12-,13-,15-,16-,17-,18-,19-/m0/s1. The van der Waals surface area contributed by atoms with Gasteiger partial charge in [0.15, 0.2) is 0 Å². The van der Waals surface area contributed by atoms with Gasteiger partial charge in [0.25, 0.3) is 0 Å². The number of hydrogen-bond donors (Lipinski definition) is 3. The third kappa shape index (κ3) is 1.73. The van der Waals surface area contributed by atoms with Crippen molar-refractivity contribution in [2.45, 2.75) is 57.8 Å². The van der Waals surface area contributed by atoms with Crippen molar-refractivity contribution in [2.24, 2.45) is 28.4 Å². The summed E-state index contributed by atoms with van der Waals surface area (Å²) in [6.07, 6.45) is 11.7. The van der Waals surface area contributed by atoms with Crippen molar-refractivity contribution in [3.63, 3.8) is 0 Å². The van der Waals surface area contributed by atoms with E-state index in [1.807, 2.05) is 0 Å². The highest BCUT2D eigenvalue weighted by atomic mass is 16.3. The van der Waals surface area contributed by atoms with Crippen LogP contribution in [0.5, 0.6) is 0 Å². The summed E-state index contributed by atoms with van der Waals surface area (Å²) in [4.78, 5) is 0. The first kappa shape index (κ1) is 14.7. The Morgan fingerprint density at radius 2 is 2.00 bits per heavy atom. The molecule has 0 saturated heterocycles. The summed E-state index contributed by atoms with van der Waals surface area (Å²) >= 11 is 0. The highest BCUT2D eigenvalue weighted by Gasteiger charge is 2.57. The Hall–Kier alpha value is -0.900. The maximum Gasteiger partial charge on any atom is 0.0646 e. The molecule has 7 atom stereocenters. The minimum atomic E-state index is -0.348. The van der Waals surface area contributed by atoms with E-state index < -0.39 is 0 Å². The molecule has 4 aliphatic carbocycles. The lowest BCUT2D eigenvalue weighted by atomic mass is 9.52. The molecule has 0 aromatic rings. The van der Waals surface area contributed by atoms with Crippen LogP contribution in [0.3, 0.4) is 0 Å². The van der Waals surface area contributed by atoms with Gasteiger partial charge in [-0.2, -0.15) is 0 Å². The molecule has 0 spiro atoms. The average molecular weight is 301 g/mol. The zero-order chi connectivity index (χ0) is 15.7. The van der Waals surface area contributed by atoms with Crippen LogP contribution in [0.15, 0.2) is 35.5 Å². The molecule has 0 aromatic carbocycles. The molecule has 4 rings (SSSR count). The second-order valence-electron chi connectivity index (χ2n) is 8.20. The highest BCUT2D eigenvalue weighted by Crippen LogP contribution is 2.62. The van der Waals surface area contributed by atoms with Crippen molar-refractivity contribution in [1.82, 2.24) is 0 Å². The molecule has 2 saturated carbocycles. The normalized spacial score (nSPS) is 53.2. The van der Waals surface area contributed by atoms with Gasteiger partial charge < -0.3 is 15.9 Å². The summed E-state index contributed by atoms with van der Waals surface area (Å²) in [7, 11) is 0. The van der Waals surface area contributed by atoms with Crippen molar-refractivity contribution in [3.8, 4) is 0 Å². The molecular formula is C19H27NO2. The van der Waals surface area contributed by atoms with Gasteiger partial charge in [-0.05, 0) is 38.5 Å². The molecule has 0 aromatic heterocycles. The van der Waals surface area contributed by atoms with Crippen LogP contribution in [0.25, 0.3) is 0 Å². The van der Waals surface area contributed by atoms with E-state index in [1.165, 1.54) is 11.1 Å². The summed E-state index contributed by atoms with van der Waals surface area (Å²) in [5.74, 6) is 0.567. The van der Waals surface area contributed by atoms with E-state index in [9.17, 15) is 10.2 Å². The van der Waals surface area contributed by atoms with Crippen LogP contribution in [-0.4, -0.2) is 28.5 Å². The van der Waals surface area contributed by atoms with Crippen LogP contribution in [0.4, 0.5) is 0 Å². The zero-order valence-corrected chi connectivity index (χ0v) is 13.5. The lowest BCUT2D eigenvalue weighted by Crippen LogP contribution is -2.50. The van der Waals surface area contributed by atoms with Gasteiger partial charge in [-0.15, -0.1) is 0 Å². The number of allylic oxidation sites excluding steroid dienone is 2. The molecule has 0 aliphatic heterocycles. The van der Waals surface area contributed by atoms with Gasteiger partial charge in [-0.25, -0.2) is 0 Å². The molecule has 120 valence electrons. The largest absolute Gasteiger partial charge is 0.393 e. The summed E-state index contributed by atoms with van der Waals surface area (Å²) in [5, 5.41) is 21.3. The molecule has 0 heterocycles. The Morgan fingerprint density at radius 3 is 2.77 bits per heavy atom. The first-order valence-corrected chi connectivity index (χ1v) is 8.59. The van der Waals surface area contributed by atoms with E-state index >= 15 is 0 Å². The van der Waals surface area contributed by atoms with E-state index in [0.29, 0.717) is 12.3 Å². The lowest BCUT2D eigenvalue weighted by Gasteiger charge is -2.53. The van der Waals surface area contributed by atoms with Crippen LogP contribution in [0, 0.1) is 22.7 Å². The van der Waals surface area contributed by atoms with E-state index in [2.05, 4.69) is 38.2 Å². The first-order chi connectivity index (χ1) is 10.4. The third-order valence-corrected chi connectivity index (χ3v) is 7.07. The fourth-order valence-electron chi connectivity index (χ4n) is 5.62. The Labute approximate surface area is 132 Å². The van der Waals surface area contributed by atoms with Crippen molar-refractivity contribution >= 4 is 0 Å². The Morgan fingerprint density at radius 1 is 1.23 bits per heavy atom. The summed E-state index contributed by atoms with van der Waals surface area (Å²) in [6.45, 7) is 4.47. The third-order valence-electron chi connectivity index (χ3n) is 7.07. The van der Waals surface area contributed by atoms with Crippen molar-refractivity contribution < 1.29 is 10.2 Å². The molecule has 0 unspecified atom stereocenters. The monoisotopic (exact) mass is 301 g/mol. The van der Waals surface area contributed by atoms with Gasteiger partial charge in [-0.1, -0.05) is 42.4 Å². The van der Waals surface area contributed by atoms with E-state index in [-0.39, 0.29) is 35.0 Å². The van der Waals surface area contributed by atoms with Crippen LogP contribution < -0.4 is 5.73 Å². The van der Waals surface area contributed by atoms with E-state index in [1.54, 1.807) is 0 Å². The van der Waals surface area contributed by atoms with Crippen molar-refractivity contribution in [3.05, 3.63) is 35.5 Å². The SMILES string of the molecule is C[C@]12C=C[C@H](N)C=C1C[C@H](O)[C@@H]1C2=CC[C@]2(C)[C@@H](O)CC[C@@H]12. The van der Waals surface area contributed by atoms with Crippen LogP contribution in [0.1, 0.15) is 39.5 Å². The number of aliphatic hydroxyl groups is 2. The smallest absolute Gasteiger partial charge is 0.0646 e. The van der Waals surface area contributed by atoms with Gasteiger partial charge in [-0.3, -0.25) is 0 Å². The minimum absolute atomic E-state index is 0.0328. The summed E-state index contributed by atoms with van der Waals surface area (Å²) in [6, 6.07) is -0.0328. The average Bonchev–Trinajstić information content (AvgIpc) is 2.77. The number of rotatable bonds is 0. The predicted molar refractivity (Wildman–Crippen MR) is 87.0 cm³/mol. The maximum absolute atomic E-state index is 10.9. The second kappa shape index (κ2) is 4.56. The molecule has 22 heavy (non-hydrogen) atoms. The zero-order valence-electron chi connectivity index (χ0n) is 13.5. The summed E-state index contributed by atoms with van der Waals surface area (Å²) < 4.78 is 0. The van der Waals surface area contributed by atoms with Gasteiger partial charge in [0.05, 0.1) is 12.2 Å². The maximum atomic E-state index is 10.9. The fraction of sp³-hybridized carbons (Fsp3) is 0.684. The molecule has 3 heteroatoms. The second-order valence-corrected chi connectivity index (χ2v) is 8.20. The molecule has 3 nitrogen and oxygen atoms in total. The number of hydrogen-bond acceptors (Lipinski definition) is 3. The molecule has 4 aliphatic rings. The number of aliphatic hydroxyl groups excluding tert-OH is 2.